The van der Waals surface area contributed by atoms with E-state index in [4.69, 9.17) is 22.1 Å². The van der Waals surface area contributed by atoms with Gasteiger partial charge in [0, 0.05) is 16.6 Å². The lowest BCUT2D eigenvalue weighted by Gasteiger charge is -2.26. The molecule has 0 aliphatic rings. The largest absolute Gasteiger partial charge is 0.495 e. The molecule has 0 spiro atoms. The Labute approximate surface area is 139 Å². The first-order valence-corrected chi connectivity index (χ1v) is 9.16. The summed E-state index contributed by atoms with van der Waals surface area (Å²) in [7, 11) is -2.25. The van der Waals surface area contributed by atoms with Gasteiger partial charge >= 0.3 is 0 Å². The summed E-state index contributed by atoms with van der Waals surface area (Å²) in [6, 6.07) is 2.87. The van der Waals surface area contributed by atoms with E-state index in [0.717, 1.165) is 0 Å². The molecule has 8 heteroatoms. The van der Waals surface area contributed by atoms with Crippen LogP contribution in [0.2, 0.25) is 5.02 Å². The maximum atomic E-state index is 12.4. The molecule has 1 aromatic rings. The van der Waals surface area contributed by atoms with Gasteiger partial charge in [-0.1, -0.05) is 25.4 Å². The van der Waals surface area contributed by atoms with Crippen molar-refractivity contribution in [2.45, 2.75) is 37.1 Å². The number of hydrogen-bond acceptors (Lipinski definition) is 4. The zero-order chi connectivity index (χ0) is 16.3. The minimum Gasteiger partial charge on any atom is -0.495 e. The summed E-state index contributed by atoms with van der Waals surface area (Å²) in [5, 5.41) is 0.228. The fraction of sp³-hybridized carbons (Fsp3) is 0.538. The van der Waals surface area contributed by atoms with Gasteiger partial charge in [0.15, 0.2) is 0 Å². The molecule has 0 atom stereocenters. The number of nitrogens with one attached hydrogen (secondary N) is 1. The number of benzene rings is 1. The van der Waals surface area contributed by atoms with Gasteiger partial charge in [0.1, 0.15) is 5.75 Å². The predicted octanol–water partition coefficient (Wildman–Crippen LogP) is 2.91. The van der Waals surface area contributed by atoms with Crippen LogP contribution in [0.1, 0.15) is 26.7 Å². The van der Waals surface area contributed by atoms with Crippen molar-refractivity contribution < 1.29 is 13.2 Å². The van der Waals surface area contributed by atoms with Crippen LogP contribution in [0.4, 0.5) is 0 Å². The Kier molecular flexibility index (Phi) is 6.49. The average molecular weight is 400 g/mol. The van der Waals surface area contributed by atoms with E-state index >= 15 is 0 Å². The maximum Gasteiger partial charge on any atom is 0.241 e. The quantitative estimate of drug-likeness (QED) is 0.738. The minimum absolute atomic E-state index is 0.0582. The number of hydrogen-bond donors (Lipinski definition) is 2. The van der Waals surface area contributed by atoms with E-state index < -0.39 is 15.6 Å². The molecular formula is C13H20BrClN2O3S. The van der Waals surface area contributed by atoms with Gasteiger partial charge in [-0.2, -0.15) is 0 Å². The molecule has 0 aliphatic heterocycles. The molecule has 3 N–H and O–H groups in total. The Morgan fingerprint density at radius 2 is 1.95 bits per heavy atom. The number of rotatable bonds is 7. The van der Waals surface area contributed by atoms with Crippen molar-refractivity contribution in [3.63, 3.8) is 0 Å². The molecule has 0 saturated carbocycles. The summed E-state index contributed by atoms with van der Waals surface area (Å²) in [5.74, 6) is 0.401. The summed E-state index contributed by atoms with van der Waals surface area (Å²) in [4.78, 5) is 0.0582. The first-order chi connectivity index (χ1) is 9.69. The predicted molar refractivity (Wildman–Crippen MR) is 88.4 cm³/mol. The first kappa shape index (κ1) is 18.7. The van der Waals surface area contributed by atoms with Crippen LogP contribution >= 0.6 is 27.5 Å². The van der Waals surface area contributed by atoms with E-state index in [0.29, 0.717) is 23.1 Å². The first-order valence-electron chi connectivity index (χ1n) is 6.50. The van der Waals surface area contributed by atoms with Crippen LogP contribution in [0.3, 0.4) is 0 Å². The zero-order valence-electron chi connectivity index (χ0n) is 12.2. The SMILES string of the molecule is CCC(N)(CC)CNS(=O)(=O)c1cc(Cl)c(OC)cc1Br. The third-order valence-electron chi connectivity index (χ3n) is 3.52. The van der Waals surface area contributed by atoms with Gasteiger partial charge in [-0.05, 0) is 40.9 Å². The molecule has 0 aliphatic carbocycles. The lowest BCUT2D eigenvalue weighted by atomic mass is 9.95. The van der Waals surface area contributed by atoms with Crippen molar-refractivity contribution in [3.8, 4) is 5.75 Å². The lowest BCUT2D eigenvalue weighted by Crippen LogP contribution is -2.49. The minimum atomic E-state index is -3.71. The molecule has 0 bridgehead atoms. The Balaban J connectivity index is 3.07. The van der Waals surface area contributed by atoms with Gasteiger partial charge in [-0.15, -0.1) is 0 Å². The van der Waals surface area contributed by atoms with Crippen LogP contribution in [0.25, 0.3) is 0 Å². The van der Waals surface area contributed by atoms with Gasteiger partial charge in [-0.3, -0.25) is 0 Å². The van der Waals surface area contributed by atoms with Gasteiger partial charge in [0.05, 0.1) is 17.0 Å². The zero-order valence-corrected chi connectivity index (χ0v) is 15.4. The topological polar surface area (TPSA) is 81.4 Å². The second-order valence-electron chi connectivity index (χ2n) is 4.81. The fourth-order valence-electron chi connectivity index (χ4n) is 1.69. The molecule has 0 unspecified atom stereocenters. The Morgan fingerprint density at radius 3 is 2.43 bits per heavy atom. The van der Waals surface area contributed by atoms with Crippen molar-refractivity contribution in [1.29, 1.82) is 0 Å². The Hall–Kier alpha value is -0.340. The van der Waals surface area contributed by atoms with E-state index in [-0.39, 0.29) is 16.5 Å². The molecule has 0 heterocycles. The van der Waals surface area contributed by atoms with Crippen molar-refractivity contribution in [1.82, 2.24) is 4.72 Å². The van der Waals surface area contributed by atoms with Crippen LogP contribution in [-0.4, -0.2) is 27.6 Å². The summed E-state index contributed by atoms with van der Waals surface area (Å²) in [6.07, 6.45) is 1.35. The standard InChI is InChI=1S/C13H20BrClN2O3S/c1-4-13(16,5-2)8-17-21(18,19)12-7-10(15)11(20-3)6-9(12)14/h6-7,17H,4-5,8,16H2,1-3H3. The summed E-state index contributed by atoms with van der Waals surface area (Å²) >= 11 is 9.21. The van der Waals surface area contributed by atoms with Gasteiger partial charge < -0.3 is 10.5 Å². The Morgan fingerprint density at radius 1 is 1.38 bits per heavy atom. The normalized spacial score (nSPS) is 12.5. The van der Waals surface area contributed by atoms with Crippen molar-refractivity contribution in [2.24, 2.45) is 5.73 Å². The molecule has 0 fully saturated rings. The molecule has 0 aromatic heterocycles. The van der Waals surface area contributed by atoms with Crippen LogP contribution in [0, 0.1) is 0 Å². The van der Waals surface area contributed by atoms with E-state index in [1.54, 1.807) is 0 Å². The van der Waals surface area contributed by atoms with E-state index in [2.05, 4.69) is 20.7 Å². The third-order valence-corrected chi connectivity index (χ3v) is 6.17. The molecule has 5 nitrogen and oxygen atoms in total. The van der Waals surface area contributed by atoms with Crippen molar-refractivity contribution in [2.75, 3.05) is 13.7 Å². The molecule has 0 saturated heterocycles. The van der Waals surface area contributed by atoms with E-state index in [1.807, 2.05) is 13.8 Å². The van der Waals surface area contributed by atoms with E-state index in [9.17, 15) is 8.42 Å². The number of sulfonamides is 1. The monoisotopic (exact) mass is 398 g/mol. The Bertz CT molecular complexity index is 604. The van der Waals surface area contributed by atoms with Crippen LogP contribution < -0.4 is 15.2 Å². The highest BCUT2D eigenvalue weighted by molar-refractivity contribution is 9.10. The number of halogens is 2. The lowest BCUT2D eigenvalue weighted by molar-refractivity contribution is 0.391. The summed E-state index contributed by atoms with van der Waals surface area (Å²) < 4.78 is 32.7. The highest BCUT2D eigenvalue weighted by atomic mass is 79.9. The third kappa shape index (κ3) is 4.56. The maximum absolute atomic E-state index is 12.4. The number of ether oxygens (including phenoxy) is 1. The highest BCUT2D eigenvalue weighted by Crippen LogP contribution is 2.33. The molecular weight excluding hydrogens is 380 g/mol. The van der Waals surface area contributed by atoms with Crippen molar-refractivity contribution in [3.05, 3.63) is 21.6 Å². The molecule has 0 radical (unpaired) electrons. The average Bonchev–Trinajstić information content (AvgIpc) is 2.46. The van der Waals surface area contributed by atoms with Crippen molar-refractivity contribution >= 4 is 37.6 Å². The molecule has 21 heavy (non-hydrogen) atoms. The number of methoxy groups -OCH3 is 1. The molecule has 120 valence electrons. The van der Waals surface area contributed by atoms with Gasteiger partial charge in [0.25, 0.3) is 0 Å². The smallest absolute Gasteiger partial charge is 0.241 e. The van der Waals surface area contributed by atoms with Crippen LogP contribution in [-0.2, 0) is 10.0 Å². The van der Waals surface area contributed by atoms with Gasteiger partial charge in [0.2, 0.25) is 10.0 Å². The second kappa shape index (κ2) is 7.28. The van der Waals surface area contributed by atoms with Crippen LogP contribution in [0.5, 0.6) is 5.75 Å². The fourth-order valence-corrected chi connectivity index (χ4v) is 4.18. The van der Waals surface area contributed by atoms with Gasteiger partial charge in [-0.25, -0.2) is 13.1 Å². The molecule has 0 amide bonds. The van der Waals surface area contributed by atoms with E-state index in [1.165, 1.54) is 19.2 Å². The summed E-state index contributed by atoms with van der Waals surface area (Å²) in [5.41, 5.74) is 5.55. The molecule has 1 aromatic carbocycles. The van der Waals surface area contributed by atoms with Crippen LogP contribution in [0.15, 0.2) is 21.5 Å². The summed E-state index contributed by atoms with van der Waals surface area (Å²) in [6.45, 7) is 4.02. The second-order valence-corrected chi connectivity index (χ2v) is 7.81. The highest BCUT2D eigenvalue weighted by Gasteiger charge is 2.26. The number of nitrogens with two attached hydrogens (primary N) is 1. The molecule has 1 rings (SSSR count).